The van der Waals surface area contributed by atoms with E-state index < -0.39 is 11.7 Å². The fourth-order valence-corrected chi connectivity index (χ4v) is 5.16. The highest BCUT2D eigenvalue weighted by Gasteiger charge is 2.41. The van der Waals surface area contributed by atoms with E-state index in [4.69, 9.17) is 0 Å². The van der Waals surface area contributed by atoms with E-state index in [9.17, 15) is 18.0 Å². The number of amides is 1. The summed E-state index contributed by atoms with van der Waals surface area (Å²) in [7, 11) is 1.89. The molecule has 1 amide bonds. The molecular formula is C21H25F3N6O. The van der Waals surface area contributed by atoms with Crippen LogP contribution >= 0.6 is 0 Å². The molecule has 31 heavy (non-hydrogen) atoms. The molecule has 10 heteroatoms. The lowest BCUT2D eigenvalue weighted by Crippen LogP contribution is -2.56. The number of aromatic nitrogens is 3. The number of hydrogen-bond acceptors (Lipinski definition) is 5. The van der Waals surface area contributed by atoms with E-state index in [2.05, 4.69) is 19.9 Å². The Labute approximate surface area is 178 Å². The Balaban J connectivity index is 1.22. The van der Waals surface area contributed by atoms with Crippen LogP contribution in [0.5, 0.6) is 0 Å². The molecule has 2 fully saturated rings. The third-order valence-corrected chi connectivity index (χ3v) is 6.58. The SMILES string of the molecule is Cn1cc2c(n1)CCN(C(=O)CN1CC3CCC(C1)N3c1ccc(C(F)(F)F)cn1)C2. The van der Waals surface area contributed by atoms with Crippen molar-refractivity contribution in [2.45, 2.75) is 44.1 Å². The summed E-state index contributed by atoms with van der Waals surface area (Å²) in [6, 6.07) is 2.90. The number of piperazine rings is 1. The van der Waals surface area contributed by atoms with Crippen molar-refractivity contribution in [1.29, 1.82) is 0 Å². The summed E-state index contributed by atoms with van der Waals surface area (Å²) in [5, 5.41) is 4.44. The number of rotatable bonds is 3. The smallest absolute Gasteiger partial charge is 0.348 e. The first-order chi connectivity index (χ1) is 14.8. The molecule has 5 heterocycles. The molecule has 0 spiro atoms. The zero-order valence-electron chi connectivity index (χ0n) is 17.3. The Hall–Kier alpha value is -2.62. The molecule has 2 unspecified atom stereocenters. The number of anilines is 1. The average molecular weight is 434 g/mol. The maximum atomic E-state index is 12.9. The number of carbonyl (C=O) groups excluding carboxylic acids is 1. The summed E-state index contributed by atoms with van der Waals surface area (Å²) < 4.78 is 40.3. The summed E-state index contributed by atoms with van der Waals surface area (Å²) in [5.41, 5.74) is 1.45. The van der Waals surface area contributed by atoms with Gasteiger partial charge in [0.05, 0.1) is 17.8 Å². The molecule has 2 aromatic heterocycles. The number of carbonyl (C=O) groups is 1. The zero-order valence-corrected chi connectivity index (χ0v) is 17.3. The van der Waals surface area contributed by atoms with Crippen LogP contribution < -0.4 is 4.90 Å². The number of fused-ring (bicyclic) bond motifs is 3. The maximum Gasteiger partial charge on any atom is 0.417 e. The van der Waals surface area contributed by atoms with Crippen LogP contribution in [-0.4, -0.2) is 68.7 Å². The van der Waals surface area contributed by atoms with Crippen molar-refractivity contribution < 1.29 is 18.0 Å². The van der Waals surface area contributed by atoms with Crippen LogP contribution in [0.3, 0.4) is 0 Å². The Morgan fingerprint density at radius 2 is 1.94 bits per heavy atom. The van der Waals surface area contributed by atoms with Crippen LogP contribution in [0.2, 0.25) is 0 Å². The van der Waals surface area contributed by atoms with Crippen molar-refractivity contribution in [3.05, 3.63) is 41.3 Å². The fourth-order valence-electron chi connectivity index (χ4n) is 5.16. The zero-order chi connectivity index (χ0) is 21.8. The van der Waals surface area contributed by atoms with E-state index >= 15 is 0 Å². The molecule has 2 saturated heterocycles. The molecule has 0 aliphatic carbocycles. The van der Waals surface area contributed by atoms with Crippen molar-refractivity contribution in [3.63, 3.8) is 0 Å². The van der Waals surface area contributed by atoms with Crippen LogP contribution in [0.15, 0.2) is 24.5 Å². The Kier molecular flexibility index (Phi) is 4.91. The lowest BCUT2D eigenvalue weighted by molar-refractivity contribution is -0.137. The average Bonchev–Trinajstić information content (AvgIpc) is 3.22. The minimum atomic E-state index is -4.38. The summed E-state index contributed by atoms with van der Waals surface area (Å²) in [5.74, 6) is 0.710. The highest BCUT2D eigenvalue weighted by Crippen LogP contribution is 2.35. The largest absolute Gasteiger partial charge is 0.417 e. The topological polar surface area (TPSA) is 57.5 Å². The molecule has 2 atom stereocenters. The molecule has 7 nitrogen and oxygen atoms in total. The van der Waals surface area contributed by atoms with Gasteiger partial charge in [-0.05, 0) is 25.0 Å². The van der Waals surface area contributed by atoms with Gasteiger partial charge in [-0.1, -0.05) is 0 Å². The van der Waals surface area contributed by atoms with Crippen molar-refractivity contribution in [3.8, 4) is 0 Å². The Bertz CT molecular complexity index is 958. The van der Waals surface area contributed by atoms with Gasteiger partial charge in [0.15, 0.2) is 0 Å². The van der Waals surface area contributed by atoms with Crippen LogP contribution in [-0.2, 0) is 31.0 Å². The van der Waals surface area contributed by atoms with Gasteiger partial charge in [-0.25, -0.2) is 4.98 Å². The lowest BCUT2D eigenvalue weighted by Gasteiger charge is -2.42. The van der Waals surface area contributed by atoms with Crippen molar-refractivity contribution in [2.24, 2.45) is 7.05 Å². The van der Waals surface area contributed by atoms with Gasteiger partial charge in [-0.15, -0.1) is 0 Å². The second-order valence-corrected chi connectivity index (χ2v) is 8.73. The van der Waals surface area contributed by atoms with E-state index in [-0.39, 0.29) is 18.0 Å². The number of alkyl halides is 3. The Morgan fingerprint density at radius 3 is 2.58 bits per heavy atom. The number of nitrogens with zero attached hydrogens (tertiary/aromatic N) is 6. The summed E-state index contributed by atoms with van der Waals surface area (Å²) in [6.07, 6.45) is 1.20. The molecule has 0 radical (unpaired) electrons. The third kappa shape index (κ3) is 3.88. The minimum absolute atomic E-state index is 0.120. The molecule has 2 bridgehead atoms. The molecule has 2 aromatic rings. The highest BCUT2D eigenvalue weighted by molar-refractivity contribution is 5.78. The molecule has 0 N–H and O–H groups in total. The predicted molar refractivity (Wildman–Crippen MR) is 107 cm³/mol. The van der Waals surface area contributed by atoms with E-state index in [1.807, 2.05) is 18.1 Å². The summed E-state index contributed by atoms with van der Waals surface area (Å²) >= 11 is 0. The number of pyridine rings is 1. The standard InChI is InChI=1S/C21H25F3N6O/c1-27-9-14-10-29(7-6-18(14)26-27)20(31)13-28-11-16-3-4-17(12-28)30(16)19-5-2-15(8-25-19)21(22,23)24/h2,5,8-9,16-17H,3-4,6-7,10-13H2,1H3. The first-order valence-corrected chi connectivity index (χ1v) is 10.6. The predicted octanol–water partition coefficient (Wildman–Crippen LogP) is 2.07. The van der Waals surface area contributed by atoms with E-state index in [0.29, 0.717) is 25.5 Å². The summed E-state index contributed by atoms with van der Waals surface area (Å²) in [4.78, 5) is 23.2. The number of hydrogen-bond donors (Lipinski definition) is 0. The van der Waals surface area contributed by atoms with Gasteiger partial charge in [0.1, 0.15) is 5.82 Å². The molecule has 5 rings (SSSR count). The van der Waals surface area contributed by atoms with Gasteiger partial charge in [0.2, 0.25) is 5.91 Å². The fraction of sp³-hybridized carbons (Fsp3) is 0.571. The quantitative estimate of drug-likeness (QED) is 0.741. The van der Waals surface area contributed by atoms with Crippen molar-refractivity contribution in [1.82, 2.24) is 24.6 Å². The van der Waals surface area contributed by atoms with Gasteiger partial charge in [0.25, 0.3) is 0 Å². The number of halogens is 3. The van der Waals surface area contributed by atoms with Gasteiger partial charge < -0.3 is 9.80 Å². The third-order valence-electron chi connectivity index (χ3n) is 6.58. The molecule has 0 saturated carbocycles. The molecule has 3 aliphatic rings. The van der Waals surface area contributed by atoms with E-state index in [0.717, 1.165) is 55.9 Å². The first-order valence-electron chi connectivity index (χ1n) is 10.6. The highest BCUT2D eigenvalue weighted by atomic mass is 19.4. The van der Waals surface area contributed by atoms with E-state index in [1.165, 1.54) is 6.07 Å². The first kappa shape index (κ1) is 20.3. The van der Waals surface area contributed by atoms with Gasteiger partial charge >= 0.3 is 6.18 Å². The second-order valence-electron chi connectivity index (χ2n) is 8.73. The molecular weight excluding hydrogens is 409 g/mol. The van der Waals surface area contributed by atoms with Crippen LogP contribution in [0.25, 0.3) is 0 Å². The van der Waals surface area contributed by atoms with Gasteiger partial charge in [-0.2, -0.15) is 18.3 Å². The number of likely N-dealkylation sites (tertiary alicyclic amines) is 1. The van der Waals surface area contributed by atoms with Crippen molar-refractivity contribution >= 4 is 11.7 Å². The molecule has 166 valence electrons. The van der Waals surface area contributed by atoms with Crippen LogP contribution in [0.1, 0.15) is 29.7 Å². The van der Waals surface area contributed by atoms with Crippen LogP contribution in [0, 0.1) is 0 Å². The van der Waals surface area contributed by atoms with Gasteiger partial charge in [-0.3, -0.25) is 14.4 Å². The monoisotopic (exact) mass is 434 g/mol. The lowest BCUT2D eigenvalue weighted by atomic mass is 10.1. The minimum Gasteiger partial charge on any atom is -0.348 e. The molecule has 3 aliphatic heterocycles. The maximum absolute atomic E-state index is 12.9. The number of aryl methyl sites for hydroxylation is 1. The Morgan fingerprint density at radius 1 is 1.19 bits per heavy atom. The van der Waals surface area contributed by atoms with Gasteiger partial charge in [0, 0.05) is 69.7 Å². The summed E-state index contributed by atoms with van der Waals surface area (Å²) in [6.45, 7) is 3.10. The molecule has 0 aromatic carbocycles. The van der Waals surface area contributed by atoms with Crippen molar-refractivity contribution in [2.75, 3.05) is 31.1 Å². The normalized spacial score (nSPS) is 23.9. The second kappa shape index (κ2) is 7.51. The van der Waals surface area contributed by atoms with Crippen LogP contribution in [0.4, 0.5) is 19.0 Å². The van der Waals surface area contributed by atoms with E-state index in [1.54, 1.807) is 4.68 Å².